The zero-order valence-electron chi connectivity index (χ0n) is 7.62. The van der Waals surface area contributed by atoms with E-state index in [4.69, 9.17) is 5.11 Å². The summed E-state index contributed by atoms with van der Waals surface area (Å²) in [6.07, 6.45) is 2.51. The van der Waals surface area contributed by atoms with Crippen molar-refractivity contribution in [2.45, 2.75) is 13.3 Å². The molecule has 0 fully saturated rings. The van der Waals surface area contributed by atoms with E-state index >= 15 is 0 Å². The molecule has 0 aliphatic rings. The lowest BCUT2D eigenvalue weighted by molar-refractivity contribution is -0.141. The van der Waals surface area contributed by atoms with Crippen molar-refractivity contribution in [2.75, 3.05) is 0 Å². The van der Waals surface area contributed by atoms with Crippen LogP contribution in [0.25, 0.3) is 0 Å². The van der Waals surface area contributed by atoms with Crippen molar-refractivity contribution in [2.24, 2.45) is 13.0 Å². The molecule has 0 spiro atoms. The van der Waals surface area contributed by atoms with Gasteiger partial charge in [-0.15, -0.1) is 0 Å². The molecule has 0 amide bonds. The minimum Gasteiger partial charge on any atom is -0.481 e. The molecule has 0 saturated carbocycles. The van der Waals surface area contributed by atoms with E-state index in [1.807, 2.05) is 23.9 Å². The Morgan fingerprint density at radius 3 is 2.77 bits per heavy atom. The van der Waals surface area contributed by atoms with Gasteiger partial charge in [-0.2, -0.15) is 0 Å². The van der Waals surface area contributed by atoms with Gasteiger partial charge in [0.05, 0.1) is 10.5 Å². The molecule has 0 aliphatic heterocycles. The molecule has 72 valence electrons. The quantitative estimate of drug-likeness (QED) is 0.886. The molecule has 13 heavy (non-hydrogen) atoms. The molecular formula is C9H12BrNO2. The third-order valence-corrected chi connectivity index (χ3v) is 2.75. The maximum atomic E-state index is 10.6. The monoisotopic (exact) mass is 245 g/mol. The number of hydrogen-bond donors (Lipinski definition) is 1. The first-order valence-corrected chi connectivity index (χ1v) is 4.83. The zero-order chi connectivity index (χ0) is 10.0. The predicted octanol–water partition coefficient (Wildman–Crippen LogP) is 2.05. The average Bonchev–Trinajstić information content (AvgIpc) is 2.31. The highest BCUT2D eigenvalue weighted by Crippen LogP contribution is 2.16. The van der Waals surface area contributed by atoms with E-state index in [9.17, 15) is 4.79 Å². The fourth-order valence-electron chi connectivity index (χ4n) is 1.15. The van der Waals surface area contributed by atoms with E-state index in [0.29, 0.717) is 6.42 Å². The van der Waals surface area contributed by atoms with Gasteiger partial charge in [-0.05, 0) is 34.0 Å². The Morgan fingerprint density at radius 2 is 2.38 bits per heavy atom. The molecule has 1 unspecified atom stereocenters. The van der Waals surface area contributed by atoms with E-state index in [1.54, 1.807) is 6.92 Å². The second-order valence-electron chi connectivity index (χ2n) is 3.23. The van der Waals surface area contributed by atoms with Crippen molar-refractivity contribution < 1.29 is 9.90 Å². The first kappa shape index (κ1) is 10.3. The molecule has 4 heteroatoms. The number of carboxylic acid groups (broad SMARTS) is 1. The lowest BCUT2D eigenvalue weighted by Gasteiger charge is -2.02. The smallest absolute Gasteiger partial charge is 0.306 e. The van der Waals surface area contributed by atoms with Crippen LogP contribution < -0.4 is 0 Å². The molecular weight excluding hydrogens is 234 g/mol. The number of aromatic nitrogens is 1. The summed E-state index contributed by atoms with van der Waals surface area (Å²) in [5.74, 6) is -1.07. The summed E-state index contributed by atoms with van der Waals surface area (Å²) in [6, 6.07) is 1.94. The van der Waals surface area contributed by atoms with Gasteiger partial charge in [0.25, 0.3) is 0 Å². The van der Waals surface area contributed by atoms with E-state index in [1.165, 1.54) is 0 Å². The van der Waals surface area contributed by atoms with E-state index in [-0.39, 0.29) is 5.92 Å². The number of aryl methyl sites for hydroxylation is 1. The highest BCUT2D eigenvalue weighted by molar-refractivity contribution is 9.10. The predicted molar refractivity (Wildman–Crippen MR) is 53.6 cm³/mol. The molecule has 3 nitrogen and oxygen atoms in total. The minimum atomic E-state index is -0.750. The van der Waals surface area contributed by atoms with Crippen LogP contribution in [0.1, 0.15) is 12.5 Å². The minimum absolute atomic E-state index is 0.325. The zero-order valence-corrected chi connectivity index (χ0v) is 9.21. The maximum absolute atomic E-state index is 10.6. The molecule has 1 N–H and O–H groups in total. The normalized spacial score (nSPS) is 12.8. The van der Waals surface area contributed by atoms with Crippen LogP contribution in [0.5, 0.6) is 0 Å². The fraction of sp³-hybridized carbons (Fsp3) is 0.444. The van der Waals surface area contributed by atoms with Crippen molar-refractivity contribution in [3.05, 3.63) is 22.4 Å². The Labute approximate surface area is 85.5 Å². The molecule has 1 atom stereocenters. The van der Waals surface area contributed by atoms with Crippen LogP contribution in [0, 0.1) is 5.92 Å². The molecule has 0 aliphatic carbocycles. The SMILES string of the molecule is CC(Cc1cc(Br)n(C)c1)C(=O)O. The molecule has 0 radical (unpaired) electrons. The van der Waals surface area contributed by atoms with Gasteiger partial charge in [-0.1, -0.05) is 6.92 Å². The van der Waals surface area contributed by atoms with E-state index in [0.717, 1.165) is 10.2 Å². The van der Waals surface area contributed by atoms with Crippen molar-refractivity contribution >= 4 is 21.9 Å². The first-order valence-electron chi connectivity index (χ1n) is 4.04. The van der Waals surface area contributed by atoms with Gasteiger partial charge < -0.3 is 9.67 Å². The standard InChI is InChI=1S/C9H12BrNO2/c1-6(9(12)13)3-7-4-8(10)11(2)5-7/h4-6H,3H2,1-2H3,(H,12,13). The van der Waals surface area contributed by atoms with Gasteiger partial charge >= 0.3 is 5.97 Å². The van der Waals surface area contributed by atoms with Crippen LogP contribution in [0.3, 0.4) is 0 Å². The Morgan fingerprint density at radius 1 is 1.77 bits per heavy atom. The summed E-state index contributed by atoms with van der Waals surface area (Å²) in [5, 5.41) is 8.70. The fourth-order valence-corrected chi connectivity index (χ4v) is 1.55. The summed E-state index contributed by atoms with van der Waals surface area (Å²) >= 11 is 3.36. The number of nitrogens with zero attached hydrogens (tertiary/aromatic N) is 1. The topological polar surface area (TPSA) is 42.2 Å². The molecule has 1 heterocycles. The largest absolute Gasteiger partial charge is 0.481 e. The van der Waals surface area contributed by atoms with Crippen LogP contribution >= 0.6 is 15.9 Å². The van der Waals surface area contributed by atoms with Gasteiger partial charge in [0.1, 0.15) is 0 Å². The van der Waals surface area contributed by atoms with Crippen LogP contribution in [0.2, 0.25) is 0 Å². The van der Waals surface area contributed by atoms with Gasteiger partial charge in [-0.25, -0.2) is 0 Å². The lowest BCUT2D eigenvalue weighted by atomic mass is 10.0. The Hall–Kier alpha value is -0.770. The maximum Gasteiger partial charge on any atom is 0.306 e. The van der Waals surface area contributed by atoms with Crippen molar-refractivity contribution in [3.63, 3.8) is 0 Å². The second kappa shape index (κ2) is 3.96. The highest BCUT2D eigenvalue weighted by atomic mass is 79.9. The van der Waals surface area contributed by atoms with Gasteiger partial charge in [0.15, 0.2) is 0 Å². The number of halogens is 1. The summed E-state index contributed by atoms with van der Waals surface area (Å²) in [5.41, 5.74) is 1.05. The van der Waals surface area contributed by atoms with E-state index < -0.39 is 5.97 Å². The molecule has 1 aromatic heterocycles. The Balaban J connectivity index is 2.69. The third-order valence-electron chi connectivity index (χ3n) is 1.96. The third kappa shape index (κ3) is 2.59. The van der Waals surface area contributed by atoms with Crippen molar-refractivity contribution in [3.8, 4) is 0 Å². The van der Waals surface area contributed by atoms with Crippen LogP contribution in [0.4, 0.5) is 0 Å². The summed E-state index contributed by atoms with van der Waals surface area (Å²) in [4.78, 5) is 10.6. The number of rotatable bonds is 3. The molecule has 1 aromatic rings. The van der Waals surface area contributed by atoms with Crippen LogP contribution in [0.15, 0.2) is 16.9 Å². The van der Waals surface area contributed by atoms with Crippen molar-refractivity contribution in [1.29, 1.82) is 0 Å². The number of hydrogen-bond acceptors (Lipinski definition) is 1. The first-order chi connectivity index (χ1) is 6.00. The Bertz CT molecular complexity index is 300. The number of carboxylic acids is 1. The van der Waals surface area contributed by atoms with E-state index in [2.05, 4.69) is 15.9 Å². The van der Waals surface area contributed by atoms with Gasteiger partial charge in [0.2, 0.25) is 0 Å². The molecule has 0 aromatic carbocycles. The van der Waals surface area contributed by atoms with Crippen LogP contribution in [-0.4, -0.2) is 15.6 Å². The van der Waals surface area contributed by atoms with Crippen LogP contribution in [-0.2, 0) is 18.3 Å². The second-order valence-corrected chi connectivity index (χ2v) is 4.04. The summed E-state index contributed by atoms with van der Waals surface area (Å²) in [7, 11) is 1.92. The number of carbonyl (C=O) groups is 1. The summed E-state index contributed by atoms with van der Waals surface area (Å²) < 4.78 is 2.89. The Kier molecular flexibility index (Phi) is 3.14. The molecule has 0 bridgehead atoms. The van der Waals surface area contributed by atoms with Gasteiger partial charge in [0, 0.05) is 13.2 Å². The molecule has 1 rings (SSSR count). The number of aliphatic carboxylic acids is 1. The lowest BCUT2D eigenvalue weighted by Crippen LogP contribution is -2.11. The average molecular weight is 246 g/mol. The summed E-state index contributed by atoms with van der Waals surface area (Å²) in [6.45, 7) is 1.71. The van der Waals surface area contributed by atoms with Gasteiger partial charge in [-0.3, -0.25) is 4.79 Å². The highest BCUT2D eigenvalue weighted by Gasteiger charge is 2.12. The van der Waals surface area contributed by atoms with Crippen molar-refractivity contribution in [1.82, 2.24) is 4.57 Å². The molecule has 0 saturated heterocycles.